The van der Waals surface area contributed by atoms with Crippen LogP contribution >= 0.6 is 11.6 Å². The number of nitrogens with one attached hydrogen (secondary N) is 1. The first-order valence-electron chi connectivity index (χ1n) is 10.7. The highest BCUT2D eigenvalue weighted by Gasteiger charge is 2.59. The van der Waals surface area contributed by atoms with E-state index >= 15 is 0 Å². The summed E-state index contributed by atoms with van der Waals surface area (Å²) in [6, 6.07) is 15.5. The maximum Gasteiger partial charge on any atom is 0.254 e. The Balaban J connectivity index is 2.19. The Labute approximate surface area is 194 Å². The molecule has 1 N–H and O–H groups in total. The van der Waals surface area contributed by atoms with Crippen LogP contribution < -0.4 is 5.32 Å². The number of benzene rings is 2. The highest BCUT2D eigenvalue weighted by molar-refractivity contribution is 6.31. The van der Waals surface area contributed by atoms with Crippen LogP contribution in [0.4, 0.5) is 0 Å². The van der Waals surface area contributed by atoms with Crippen LogP contribution in [-0.4, -0.2) is 39.6 Å². The molecule has 0 radical (unpaired) electrons. The Bertz CT molecular complexity index is 1050. The predicted molar refractivity (Wildman–Crippen MR) is 127 cm³/mol. The molecule has 0 aromatic heterocycles. The van der Waals surface area contributed by atoms with Crippen molar-refractivity contribution >= 4 is 35.3 Å². The highest BCUT2D eigenvalue weighted by Crippen LogP contribution is 2.40. The predicted octanol–water partition coefficient (Wildman–Crippen LogP) is 4.90. The van der Waals surface area contributed by atoms with E-state index in [0.29, 0.717) is 16.2 Å². The average molecular weight is 453 g/mol. The van der Waals surface area contributed by atoms with Gasteiger partial charge in [0.15, 0.2) is 11.3 Å². The maximum absolute atomic E-state index is 13.9. The smallest absolute Gasteiger partial charge is 0.254 e. The van der Waals surface area contributed by atoms with Crippen LogP contribution in [0.25, 0.3) is 6.08 Å². The van der Waals surface area contributed by atoms with E-state index in [-0.39, 0.29) is 18.4 Å². The van der Waals surface area contributed by atoms with Gasteiger partial charge in [0.05, 0.1) is 0 Å². The van der Waals surface area contributed by atoms with Crippen molar-refractivity contribution in [3.05, 3.63) is 76.3 Å². The van der Waals surface area contributed by atoms with Crippen molar-refractivity contribution in [2.45, 2.75) is 58.2 Å². The van der Waals surface area contributed by atoms with Crippen molar-refractivity contribution in [1.82, 2.24) is 10.2 Å². The summed E-state index contributed by atoms with van der Waals surface area (Å²) in [6.45, 7) is 9.18. The molecule has 0 spiro atoms. The molecule has 1 atom stereocenters. The Morgan fingerprint density at radius 1 is 1.06 bits per heavy atom. The van der Waals surface area contributed by atoms with E-state index < -0.39 is 22.8 Å². The molecule has 0 aliphatic carbocycles. The summed E-state index contributed by atoms with van der Waals surface area (Å²) in [7, 11) is 0. The van der Waals surface area contributed by atoms with Gasteiger partial charge in [0.25, 0.3) is 11.8 Å². The quantitative estimate of drug-likeness (QED) is 0.398. The summed E-state index contributed by atoms with van der Waals surface area (Å²) < 4.78 is 0. The van der Waals surface area contributed by atoms with Gasteiger partial charge in [0.2, 0.25) is 0 Å². The first kappa shape index (κ1) is 23.7. The number of Topliss-reactive ketones (excluding diaryl/α,β-unsaturated/α-hetero) is 1. The minimum atomic E-state index is -1.69. The number of hydrogen-bond donors (Lipinski definition) is 1. The van der Waals surface area contributed by atoms with Crippen LogP contribution in [0, 0.1) is 0 Å². The lowest BCUT2D eigenvalue weighted by atomic mass is 9.83. The zero-order chi connectivity index (χ0) is 23.7. The Morgan fingerprint density at radius 3 is 2.19 bits per heavy atom. The Kier molecular flexibility index (Phi) is 6.61. The monoisotopic (exact) mass is 452 g/mol. The van der Waals surface area contributed by atoms with Crippen molar-refractivity contribution < 1.29 is 14.4 Å². The number of carbonyl (C=O) groups excluding carboxylic acids is 3. The average Bonchev–Trinajstić information content (AvgIpc) is 3.01. The van der Waals surface area contributed by atoms with E-state index in [1.807, 2.05) is 65.0 Å². The van der Waals surface area contributed by atoms with Crippen LogP contribution in [0.5, 0.6) is 0 Å². The Hall–Kier alpha value is -2.92. The molecule has 0 bridgehead atoms. The van der Waals surface area contributed by atoms with E-state index in [0.717, 1.165) is 5.56 Å². The van der Waals surface area contributed by atoms with Gasteiger partial charge in [-0.05, 0) is 70.5 Å². The largest absolute Gasteiger partial charge is 0.349 e. The second kappa shape index (κ2) is 8.91. The SMILES string of the molecule is CC(C)N1C(=O)/C(=C/c2ccccc2)CC1(C(=O)NC(C)(C)C)C(=O)c1ccc(Cl)cc1. The summed E-state index contributed by atoms with van der Waals surface area (Å²) in [5, 5.41) is 3.44. The number of likely N-dealkylation sites (tertiary alicyclic amines) is 1. The third kappa shape index (κ3) is 4.63. The molecule has 0 saturated carbocycles. The first-order chi connectivity index (χ1) is 15.0. The number of rotatable bonds is 5. The molecule has 1 unspecified atom stereocenters. The number of ketones is 1. The fraction of sp³-hybridized carbons (Fsp3) is 0.346. The number of nitrogens with zero attached hydrogens (tertiary/aromatic N) is 1. The van der Waals surface area contributed by atoms with Gasteiger partial charge in [-0.2, -0.15) is 0 Å². The number of amides is 2. The lowest BCUT2D eigenvalue weighted by Gasteiger charge is -2.39. The van der Waals surface area contributed by atoms with Gasteiger partial charge in [-0.1, -0.05) is 41.9 Å². The van der Waals surface area contributed by atoms with E-state index in [9.17, 15) is 14.4 Å². The van der Waals surface area contributed by atoms with Crippen LogP contribution in [0.15, 0.2) is 60.2 Å². The molecule has 1 saturated heterocycles. The molecular formula is C26H29ClN2O3. The number of halogens is 1. The molecule has 2 amide bonds. The minimum Gasteiger partial charge on any atom is -0.349 e. The molecule has 32 heavy (non-hydrogen) atoms. The van der Waals surface area contributed by atoms with Gasteiger partial charge in [-0.15, -0.1) is 0 Å². The zero-order valence-corrected chi connectivity index (χ0v) is 19.9. The van der Waals surface area contributed by atoms with Crippen LogP contribution in [0.2, 0.25) is 5.02 Å². The van der Waals surface area contributed by atoms with Crippen molar-refractivity contribution in [3.8, 4) is 0 Å². The van der Waals surface area contributed by atoms with Gasteiger partial charge in [0, 0.05) is 34.2 Å². The summed E-state index contributed by atoms with van der Waals surface area (Å²) in [4.78, 5) is 42.6. The summed E-state index contributed by atoms with van der Waals surface area (Å²) in [6.07, 6.45) is 1.75. The third-order valence-corrected chi connectivity index (χ3v) is 5.61. The van der Waals surface area contributed by atoms with Gasteiger partial charge < -0.3 is 10.2 Å². The normalized spacial score (nSPS) is 20.2. The van der Waals surface area contributed by atoms with Crippen molar-refractivity contribution in [2.24, 2.45) is 0 Å². The fourth-order valence-electron chi connectivity index (χ4n) is 4.07. The topological polar surface area (TPSA) is 66.5 Å². The van der Waals surface area contributed by atoms with Crippen molar-refractivity contribution in [1.29, 1.82) is 0 Å². The Morgan fingerprint density at radius 2 is 1.66 bits per heavy atom. The van der Waals surface area contributed by atoms with E-state index in [1.54, 1.807) is 30.3 Å². The minimum absolute atomic E-state index is 0.0116. The molecule has 6 heteroatoms. The van der Waals surface area contributed by atoms with Gasteiger partial charge >= 0.3 is 0 Å². The molecule has 168 valence electrons. The van der Waals surface area contributed by atoms with E-state index in [2.05, 4.69) is 5.32 Å². The standard InChI is InChI=1S/C26H29ClN2O3/c1-17(2)29-23(31)20(15-18-9-7-6-8-10-18)16-26(29,24(32)28-25(3,4)5)22(30)19-11-13-21(27)14-12-19/h6-15,17H,16H2,1-5H3,(H,28,32)/b20-15+. The summed E-state index contributed by atoms with van der Waals surface area (Å²) in [5.41, 5.74) is -0.672. The van der Waals surface area contributed by atoms with Crippen LogP contribution in [0.1, 0.15) is 57.0 Å². The maximum atomic E-state index is 13.9. The molecule has 3 rings (SSSR count). The van der Waals surface area contributed by atoms with Crippen molar-refractivity contribution in [3.63, 3.8) is 0 Å². The highest BCUT2D eigenvalue weighted by atomic mass is 35.5. The van der Waals surface area contributed by atoms with E-state index in [4.69, 9.17) is 11.6 Å². The summed E-state index contributed by atoms with van der Waals surface area (Å²) >= 11 is 6.01. The molecular weight excluding hydrogens is 424 g/mol. The van der Waals surface area contributed by atoms with Gasteiger partial charge in [0.1, 0.15) is 0 Å². The van der Waals surface area contributed by atoms with Gasteiger partial charge in [-0.25, -0.2) is 0 Å². The van der Waals surface area contributed by atoms with Crippen molar-refractivity contribution in [2.75, 3.05) is 0 Å². The third-order valence-electron chi connectivity index (χ3n) is 5.35. The summed E-state index contributed by atoms with van der Waals surface area (Å²) in [5.74, 6) is -1.21. The van der Waals surface area contributed by atoms with Gasteiger partial charge in [-0.3, -0.25) is 14.4 Å². The number of hydrogen-bond acceptors (Lipinski definition) is 3. The molecule has 2 aromatic rings. The zero-order valence-electron chi connectivity index (χ0n) is 19.1. The lowest BCUT2D eigenvalue weighted by molar-refractivity contribution is -0.140. The van der Waals surface area contributed by atoms with E-state index in [1.165, 1.54) is 4.90 Å². The lowest BCUT2D eigenvalue weighted by Crippen LogP contribution is -2.65. The fourth-order valence-corrected chi connectivity index (χ4v) is 4.20. The molecule has 2 aromatic carbocycles. The molecule has 1 fully saturated rings. The second-order valence-electron chi connectivity index (χ2n) is 9.43. The molecule has 1 aliphatic heterocycles. The molecule has 1 aliphatic rings. The van der Waals surface area contributed by atoms with Crippen LogP contribution in [-0.2, 0) is 9.59 Å². The number of carbonyl (C=O) groups is 3. The first-order valence-corrected chi connectivity index (χ1v) is 11.1. The molecule has 5 nitrogen and oxygen atoms in total. The van der Waals surface area contributed by atoms with Crippen LogP contribution in [0.3, 0.4) is 0 Å². The molecule has 1 heterocycles. The second-order valence-corrected chi connectivity index (χ2v) is 9.86.